The van der Waals surface area contributed by atoms with Gasteiger partial charge >= 0.3 is 0 Å². The van der Waals surface area contributed by atoms with E-state index < -0.39 is 0 Å². The highest BCUT2D eigenvalue weighted by Gasteiger charge is 2.27. The van der Waals surface area contributed by atoms with Crippen LogP contribution in [0.4, 0.5) is 0 Å². The maximum atomic E-state index is 12.4. The molecule has 2 rings (SSSR count). The van der Waals surface area contributed by atoms with E-state index in [0.29, 0.717) is 36.8 Å². The van der Waals surface area contributed by atoms with Gasteiger partial charge in [0.25, 0.3) is 5.91 Å². The van der Waals surface area contributed by atoms with Crippen LogP contribution in [0.25, 0.3) is 0 Å². The SMILES string of the molecule is Cc1cccc(C(=O)N(C)C2CCC(=O)CC2)c1O. The van der Waals surface area contributed by atoms with Gasteiger partial charge < -0.3 is 10.0 Å². The summed E-state index contributed by atoms with van der Waals surface area (Å²) in [6.07, 6.45) is 2.52. The number of benzene rings is 1. The maximum Gasteiger partial charge on any atom is 0.257 e. The first-order valence-electron chi connectivity index (χ1n) is 6.58. The second-order valence-corrected chi connectivity index (χ2v) is 5.16. The van der Waals surface area contributed by atoms with Crippen LogP contribution in [0.3, 0.4) is 0 Å². The van der Waals surface area contributed by atoms with Gasteiger partial charge in [0.15, 0.2) is 0 Å². The minimum absolute atomic E-state index is 0.0474. The Labute approximate surface area is 113 Å². The van der Waals surface area contributed by atoms with E-state index >= 15 is 0 Å². The molecule has 0 heterocycles. The highest BCUT2D eigenvalue weighted by molar-refractivity contribution is 5.97. The van der Waals surface area contributed by atoms with Crippen molar-refractivity contribution in [3.63, 3.8) is 0 Å². The van der Waals surface area contributed by atoms with Gasteiger partial charge in [0.05, 0.1) is 5.56 Å². The van der Waals surface area contributed by atoms with E-state index in [1.54, 1.807) is 37.1 Å². The molecule has 1 amide bonds. The Hall–Kier alpha value is -1.84. The summed E-state index contributed by atoms with van der Waals surface area (Å²) in [6.45, 7) is 1.77. The van der Waals surface area contributed by atoms with E-state index in [-0.39, 0.29) is 23.5 Å². The number of nitrogens with zero attached hydrogens (tertiary/aromatic N) is 1. The van der Waals surface area contributed by atoms with Crippen LogP contribution in [0.15, 0.2) is 18.2 Å². The van der Waals surface area contributed by atoms with Gasteiger partial charge in [0.2, 0.25) is 0 Å². The first kappa shape index (κ1) is 13.6. The Morgan fingerprint density at radius 2 is 1.95 bits per heavy atom. The van der Waals surface area contributed by atoms with Crippen molar-refractivity contribution in [3.8, 4) is 5.75 Å². The Kier molecular flexibility index (Phi) is 3.88. The Balaban J connectivity index is 2.15. The van der Waals surface area contributed by atoms with Crippen molar-refractivity contribution in [2.45, 2.75) is 38.6 Å². The van der Waals surface area contributed by atoms with Crippen molar-refractivity contribution in [3.05, 3.63) is 29.3 Å². The number of carbonyl (C=O) groups is 2. The average Bonchev–Trinajstić information content (AvgIpc) is 2.41. The third-order valence-electron chi connectivity index (χ3n) is 3.85. The zero-order valence-corrected chi connectivity index (χ0v) is 11.3. The number of para-hydroxylation sites is 1. The number of aromatic hydroxyl groups is 1. The third-order valence-corrected chi connectivity index (χ3v) is 3.85. The molecule has 1 aromatic carbocycles. The molecule has 0 aliphatic heterocycles. The predicted molar refractivity (Wildman–Crippen MR) is 72.2 cm³/mol. The molecule has 4 heteroatoms. The fraction of sp³-hybridized carbons (Fsp3) is 0.467. The van der Waals surface area contributed by atoms with E-state index in [0.717, 1.165) is 0 Å². The maximum absolute atomic E-state index is 12.4. The summed E-state index contributed by atoms with van der Waals surface area (Å²) < 4.78 is 0. The van der Waals surface area contributed by atoms with Crippen molar-refractivity contribution in [1.29, 1.82) is 0 Å². The van der Waals surface area contributed by atoms with Gasteiger partial charge in [-0.2, -0.15) is 0 Å². The van der Waals surface area contributed by atoms with Crippen LogP contribution < -0.4 is 0 Å². The Morgan fingerprint density at radius 1 is 1.32 bits per heavy atom. The van der Waals surface area contributed by atoms with Crippen LogP contribution in [0.2, 0.25) is 0 Å². The lowest BCUT2D eigenvalue weighted by molar-refractivity contribution is -0.121. The fourth-order valence-corrected chi connectivity index (χ4v) is 2.50. The van der Waals surface area contributed by atoms with Crippen molar-refractivity contribution in [2.75, 3.05) is 7.05 Å². The minimum atomic E-state index is -0.180. The molecule has 0 bridgehead atoms. The molecule has 102 valence electrons. The minimum Gasteiger partial charge on any atom is -0.507 e. The molecular weight excluding hydrogens is 242 g/mol. The van der Waals surface area contributed by atoms with E-state index in [1.807, 2.05) is 0 Å². The van der Waals surface area contributed by atoms with Crippen LogP contribution >= 0.6 is 0 Å². The Morgan fingerprint density at radius 3 is 2.58 bits per heavy atom. The average molecular weight is 261 g/mol. The monoisotopic (exact) mass is 261 g/mol. The summed E-state index contributed by atoms with van der Waals surface area (Å²) in [5, 5.41) is 9.96. The van der Waals surface area contributed by atoms with Gasteiger partial charge in [-0.25, -0.2) is 0 Å². The number of hydrogen-bond donors (Lipinski definition) is 1. The first-order chi connectivity index (χ1) is 9.00. The second kappa shape index (κ2) is 5.43. The number of aryl methyl sites for hydroxylation is 1. The topological polar surface area (TPSA) is 57.6 Å². The number of Topliss-reactive ketones (excluding diaryl/α,β-unsaturated/α-hetero) is 1. The molecule has 1 aliphatic carbocycles. The van der Waals surface area contributed by atoms with Gasteiger partial charge in [-0.15, -0.1) is 0 Å². The van der Waals surface area contributed by atoms with Gasteiger partial charge in [0, 0.05) is 25.9 Å². The number of hydrogen-bond acceptors (Lipinski definition) is 3. The molecule has 4 nitrogen and oxygen atoms in total. The molecule has 1 saturated carbocycles. The van der Waals surface area contributed by atoms with Crippen molar-refractivity contribution < 1.29 is 14.7 Å². The number of phenolic OH excluding ortho intramolecular Hbond substituents is 1. The lowest BCUT2D eigenvalue weighted by Crippen LogP contribution is -2.39. The second-order valence-electron chi connectivity index (χ2n) is 5.16. The van der Waals surface area contributed by atoms with Crippen LogP contribution in [-0.2, 0) is 4.79 Å². The van der Waals surface area contributed by atoms with E-state index in [1.165, 1.54) is 0 Å². The normalized spacial score (nSPS) is 16.4. The van der Waals surface area contributed by atoms with Gasteiger partial charge in [-0.05, 0) is 31.4 Å². The molecule has 1 aliphatic rings. The summed E-state index contributed by atoms with van der Waals surface area (Å²) >= 11 is 0. The van der Waals surface area contributed by atoms with Gasteiger partial charge in [-0.1, -0.05) is 12.1 Å². The number of rotatable bonds is 2. The molecule has 0 radical (unpaired) electrons. The van der Waals surface area contributed by atoms with Crippen molar-refractivity contribution >= 4 is 11.7 Å². The largest absolute Gasteiger partial charge is 0.507 e. The molecule has 1 aromatic rings. The smallest absolute Gasteiger partial charge is 0.257 e. The van der Waals surface area contributed by atoms with E-state index in [2.05, 4.69) is 0 Å². The summed E-state index contributed by atoms with van der Waals surface area (Å²) in [4.78, 5) is 25.3. The summed E-state index contributed by atoms with van der Waals surface area (Å²) in [7, 11) is 1.74. The van der Waals surface area contributed by atoms with Crippen LogP contribution in [0, 0.1) is 6.92 Å². The molecule has 0 spiro atoms. The van der Waals surface area contributed by atoms with Gasteiger partial charge in [-0.3, -0.25) is 9.59 Å². The van der Waals surface area contributed by atoms with Crippen LogP contribution in [0.5, 0.6) is 5.75 Å². The highest BCUT2D eigenvalue weighted by Crippen LogP contribution is 2.26. The van der Waals surface area contributed by atoms with E-state index in [4.69, 9.17) is 0 Å². The molecule has 0 saturated heterocycles. The quantitative estimate of drug-likeness (QED) is 0.888. The number of phenols is 1. The number of ketones is 1. The van der Waals surface area contributed by atoms with Crippen molar-refractivity contribution in [2.24, 2.45) is 0 Å². The lowest BCUT2D eigenvalue weighted by Gasteiger charge is -2.31. The molecule has 19 heavy (non-hydrogen) atoms. The fourth-order valence-electron chi connectivity index (χ4n) is 2.50. The summed E-state index contributed by atoms with van der Waals surface area (Å²) in [5.74, 6) is 0.141. The zero-order chi connectivity index (χ0) is 14.0. The molecule has 0 atom stereocenters. The predicted octanol–water partition coefficient (Wildman–Crippen LogP) is 2.28. The number of carbonyl (C=O) groups excluding carboxylic acids is 2. The third kappa shape index (κ3) is 2.78. The van der Waals surface area contributed by atoms with Crippen LogP contribution in [0.1, 0.15) is 41.6 Å². The zero-order valence-electron chi connectivity index (χ0n) is 11.3. The first-order valence-corrected chi connectivity index (χ1v) is 6.58. The molecule has 1 N–H and O–H groups in total. The molecule has 1 fully saturated rings. The van der Waals surface area contributed by atoms with E-state index in [9.17, 15) is 14.7 Å². The molecule has 0 unspecified atom stereocenters. The number of amides is 1. The molecular formula is C15H19NO3. The Bertz CT molecular complexity index is 500. The highest BCUT2D eigenvalue weighted by atomic mass is 16.3. The van der Waals surface area contributed by atoms with Crippen LogP contribution in [-0.4, -0.2) is 34.8 Å². The summed E-state index contributed by atoms with van der Waals surface area (Å²) in [6, 6.07) is 5.26. The summed E-state index contributed by atoms with van der Waals surface area (Å²) in [5.41, 5.74) is 1.03. The lowest BCUT2D eigenvalue weighted by atomic mass is 9.93. The van der Waals surface area contributed by atoms with Gasteiger partial charge in [0.1, 0.15) is 11.5 Å². The standard InChI is InChI=1S/C15H19NO3/c1-10-4-3-5-13(14(10)18)15(19)16(2)11-6-8-12(17)9-7-11/h3-5,11,18H,6-9H2,1-2H3. The molecule has 0 aromatic heterocycles. The van der Waals surface area contributed by atoms with Crippen molar-refractivity contribution in [1.82, 2.24) is 4.90 Å².